The highest BCUT2D eigenvalue weighted by Gasteiger charge is 2.09. The minimum absolute atomic E-state index is 0.432. The van der Waals surface area contributed by atoms with E-state index in [2.05, 4.69) is 9.97 Å². The van der Waals surface area contributed by atoms with Crippen molar-refractivity contribution in [1.82, 2.24) is 14.5 Å². The fourth-order valence-corrected chi connectivity index (χ4v) is 2.21. The first-order chi connectivity index (χ1) is 7.72. The van der Waals surface area contributed by atoms with E-state index in [4.69, 9.17) is 5.73 Å². The summed E-state index contributed by atoms with van der Waals surface area (Å²) in [5, 5.41) is 0. The molecule has 0 amide bonds. The van der Waals surface area contributed by atoms with Crippen molar-refractivity contribution < 1.29 is 4.21 Å². The Hall–Kier alpha value is -1.43. The average molecular weight is 238 g/mol. The van der Waals surface area contributed by atoms with Crippen LogP contribution in [0.25, 0.3) is 11.2 Å². The first-order valence-electron chi connectivity index (χ1n) is 5.14. The number of nitrogens with two attached hydrogens (primary N) is 1. The topological polar surface area (TPSA) is 73.8 Å². The van der Waals surface area contributed by atoms with Gasteiger partial charge in [-0.1, -0.05) is 6.92 Å². The molecule has 16 heavy (non-hydrogen) atoms. The highest BCUT2D eigenvalue weighted by Crippen LogP contribution is 2.14. The summed E-state index contributed by atoms with van der Waals surface area (Å²) in [6.45, 7) is 2.50. The minimum atomic E-state index is -0.795. The van der Waals surface area contributed by atoms with Crippen molar-refractivity contribution in [3.63, 3.8) is 0 Å². The van der Waals surface area contributed by atoms with Gasteiger partial charge in [0.1, 0.15) is 5.52 Å². The molecule has 2 heterocycles. The summed E-state index contributed by atoms with van der Waals surface area (Å²) in [6, 6.07) is 3.69. The van der Waals surface area contributed by atoms with Crippen molar-refractivity contribution >= 4 is 27.9 Å². The number of aromatic nitrogens is 3. The molecule has 0 radical (unpaired) electrons. The van der Waals surface area contributed by atoms with Gasteiger partial charge in [-0.05, 0) is 12.1 Å². The largest absolute Gasteiger partial charge is 0.369 e. The molecular formula is C10H14N4OS. The molecule has 5 nitrogen and oxygen atoms in total. The Kier molecular flexibility index (Phi) is 3.19. The van der Waals surface area contributed by atoms with Crippen LogP contribution in [0.1, 0.15) is 6.92 Å². The van der Waals surface area contributed by atoms with Crippen molar-refractivity contribution in [3.05, 3.63) is 18.3 Å². The Labute approximate surface area is 96.1 Å². The van der Waals surface area contributed by atoms with Gasteiger partial charge in [0.15, 0.2) is 5.65 Å². The maximum atomic E-state index is 11.4. The number of anilines is 1. The van der Waals surface area contributed by atoms with Gasteiger partial charge in [-0.15, -0.1) is 0 Å². The van der Waals surface area contributed by atoms with Gasteiger partial charge in [0, 0.05) is 35.0 Å². The van der Waals surface area contributed by atoms with Crippen LogP contribution in [0.2, 0.25) is 0 Å². The smallest absolute Gasteiger partial charge is 0.202 e. The first-order valence-corrected chi connectivity index (χ1v) is 6.63. The second-order valence-electron chi connectivity index (χ2n) is 3.40. The van der Waals surface area contributed by atoms with Gasteiger partial charge >= 0.3 is 0 Å². The molecule has 2 rings (SSSR count). The number of imidazole rings is 1. The summed E-state index contributed by atoms with van der Waals surface area (Å²) < 4.78 is 13.2. The van der Waals surface area contributed by atoms with E-state index in [0.29, 0.717) is 24.0 Å². The summed E-state index contributed by atoms with van der Waals surface area (Å²) in [5.41, 5.74) is 7.33. The molecule has 0 aliphatic carbocycles. The zero-order valence-electron chi connectivity index (χ0n) is 9.09. The van der Waals surface area contributed by atoms with Gasteiger partial charge in [-0.2, -0.15) is 0 Å². The summed E-state index contributed by atoms with van der Waals surface area (Å²) >= 11 is 0. The Morgan fingerprint density at radius 3 is 3.12 bits per heavy atom. The second kappa shape index (κ2) is 4.61. The highest BCUT2D eigenvalue weighted by atomic mass is 32.2. The van der Waals surface area contributed by atoms with Gasteiger partial charge in [0.25, 0.3) is 0 Å². The lowest BCUT2D eigenvalue weighted by Gasteiger charge is -2.04. The summed E-state index contributed by atoms with van der Waals surface area (Å²) in [5.74, 6) is 1.68. The lowest BCUT2D eigenvalue weighted by atomic mass is 10.4. The fourth-order valence-electron chi connectivity index (χ4n) is 1.53. The summed E-state index contributed by atoms with van der Waals surface area (Å²) in [4.78, 5) is 8.42. The molecule has 2 aromatic heterocycles. The van der Waals surface area contributed by atoms with E-state index < -0.39 is 10.8 Å². The van der Waals surface area contributed by atoms with Crippen molar-refractivity contribution in [2.45, 2.75) is 13.5 Å². The van der Waals surface area contributed by atoms with Crippen LogP contribution in [0.4, 0.5) is 5.95 Å². The Morgan fingerprint density at radius 1 is 1.56 bits per heavy atom. The molecule has 0 saturated heterocycles. The van der Waals surface area contributed by atoms with Crippen LogP contribution in [0.15, 0.2) is 18.3 Å². The first kappa shape index (κ1) is 11.1. The second-order valence-corrected chi connectivity index (χ2v) is 5.27. The van der Waals surface area contributed by atoms with Crippen molar-refractivity contribution in [3.8, 4) is 0 Å². The molecule has 86 valence electrons. The highest BCUT2D eigenvalue weighted by molar-refractivity contribution is 7.84. The van der Waals surface area contributed by atoms with Crippen molar-refractivity contribution in [2.24, 2.45) is 0 Å². The number of rotatable bonds is 4. The van der Waals surface area contributed by atoms with Gasteiger partial charge in [-0.3, -0.25) is 8.78 Å². The zero-order valence-corrected chi connectivity index (χ0v) is 9.91. The molecule has 0 aliphatic heterocycles. The van der Waals surface area contributed by atoms with E-state index in [1.165, 1.54) is 0 Å². The van der Waals surface area contributed by atoms with E-state index in [1.807, 2.05) is 23.6 Å². The van der Waals surface area contributed by atoms with E-state index >= 15 is 0 Å². The Morgan fingerprint density at radius 2 is 2.38 bits per heavy atom. The third-order valence-electron chi connectivity index (χ3n) is 2.40. The van der Waals surface area contributed by atoms with Crippen LogP contribution in [-0.4, -0.2) is 30.2 Å². The summed E-state index contributed by atoms with van der Waals surface area (Å²) in [7, 11) is -0.795. The summed E-state index contributed by atoms with van der Waals surface area (Å²) in [6.07, 6.45) is 1.71. The third-order valence-corrected chi connectivity index (χ3v) is 3.68. The third kappa shape index (κ3) is 2.06. The van der Waals surface area contributed by atoms with Gasteiger partial charge in [0.2, 0.25) is 5.95 Å². The molecule has 0 aliphatic rings. The maximum Gasteiger partial charge on any atom is 0.202 e. The molecule has 6 heteroatoms. The minimum Gasteiger partial charge on any atom is -0.369 e. The molecule has 1 unspecified atom stereocenters. The van der Waals surface area contributed by atoms with Crippen LogP contribution in [0, 0.1) is 0 Å². The standard InChI is InChI=1S/C10H14N4OS/c1-2-16(15)7-6-14-9-8(13-10(14)11)4-3-5-12-9/h3-5H,2,6-7H2,1H3,(H2,11,13). The Balaban J connectivity index is 2.29. The zero-order chi connectivity index (χ0) is 11.5. The molecule has 2 N–H and O–H groups in total. The number of fused-ring (bicyclic) bond motifs is 1. The molecule has 0 aromatic carbocycles. The fraction of sp³-hybridized carbons (Fsp3) is 0.400. The van der Waals surface area contributed by atoms with Crippen LogP contribution < -0.4 is 5.73 Å². The van der Waals surface area contributed by atoms with Crippen molar-refractivity contribution in [2.75, 3.05) is 17.2 Å². The number of hydrogen-bond donors (Lipinski definition) is 1. The SMILES string of the molecule is CCS(=O)CCn1c(N)nc2cccnc21. The molecule has 0 spiro atoms. The van der Waals surface area contributed by atoms with Crippen molar-refractivity contribution in [1.29, 1.82) is 0 Å². The number of aryl methyl sites for hydroxylation is 1. The number of hydrogen-bond acceptors (Lipinski definition) is 4. The predicted octanol–water partition coefficient (Wildman–Crippen LogP) is 0.782. The van der Waals surface area contributed by atoms with Crippen LogP contribution in [0.3, 0.4) is 0 Å². The van der Waals surface area contributed by atoms with E-state index in [9.17, 15) is 4.21 Å². The normalized spacial score (nSPS) is 13.1. The number of pyridine rings is 1. The quantitative estimate of drug-likeness (QED) is 0.854. The van der Waals surface area contributed by atoms with Crippen LogP contribution >= 0.6 is 0 Å². The van der Waals surface area contributed by atoms with Crippen LogP contribution in [0.5, 0.6) is 0 Å². The predicted molar refractivity (Wildman–Crippen MR) is 65.5 cm³/mol. The molecular weight excluding hydrogens is 224 g/mol. The molecule has 1 atom stereocenters. The lowest BCUT2D eigenvalue weighted by Crippen LogP contribution is -2.11. The monoisotopic (exact) mass is 238 g/mol. The maximum absolute atomic E-state index is 11.4. The lowest BCUT2D eigenvalue weighted by molar-refractivity contribution is 0.676. The van der Waals surface area contributed by atoms with Gasteiger partial charge in [-0.25, -0.2) is 9.97 Å². The number of nitrogens with zero attached hydrogens (tertiary/aromatic N) is 3. The van der Waals surface area contributed by atoms with Crippen LogP contribution in [-0.2, 0) is 17.3 Å². The van der Waals surface area contributed by atoms with E-state index in [0.717, 1.165) is 11.2 Å². The molecule has 0 fully saturated rings. The molecule has 0 saturated carbocycles. The molecule has 2 aromatic rings. The Bertz CT molecular complexity index is 523. The van der Waals surface area contributed by atoms with Gasteiger partial charge < -0.3 is 5.73 Å². The number of nitrogen functional groups attached to an aromatic ring is 1. The van der Waals surface area contributed by atoms with Gasteiger partial charge in [0.05, 0.1) is 0 Å². The van der Waals surface area contributed by atoms with E-state index in [1.54, 1.807) is 6.20 Å². The molecule has 0 bridgehead atoms. The average Bonchev–Trinajstić information content (AvgIpc) is 2.62. The van der Waals surface area contributed by atoms with E-state index in [-0.39, 0.29) is 0 Å².